The van der Waals surface area contributed by atoms with Gasteiger partial charge in [0.25, 0.3) is 0 Å². The lowest BCUT2D eigenvalue weighted by molar-refractivity contribution is -0.0114. The molecule has 2 saturated carbocycles. The molecular formula is C16H30O. The second-order valence-corrected chi connectivity index (χ2v) is 6.41. The molecule has 0 aromatic heterocycles. The summed E-state index contributed by atoms with van der Waals surface area (Å²) in [5, 5.41) is 10.8. The maximum atomic E-state index is 10.8. The number of hydrogen-bond donors (Lipinski definition) is 1. The third kappa shape index (κ3) is 3.98. The summed E-state index contributed by atoms with van der Waals surface area (Å²) in [6.45, 7) is 0. The van der Waals surface area contributed by atoms with Crippen LogP contribution < -0.4 is 0 Å². The summed E-state index contributed by atoms with van der Waals surface area (Å²) in [7, 11) is 0. The summed E-state index contributed by atoms with van der Waals surface area (Å²) >= 11 is 0. The van der Waals surface area contributed by atoms with E-state index in [4.69, 9.17) is 0 Å². The van der Waals surface area contributed by atoms with Gasteiger partial charge in [-0.1, -0.05) is 64.2 Å². The molecule has 0 unspecified atom stereocenters. The van der Waals surface area contributed by atoms with Gasteiger partial charge in [-0.05, 0) is 31.6 Å². The van der Waals surface area contributed by atoms with E-state index in [0.29, 0.717) is 5.92 Å². The van der Waals surface area contributed by atoms with Crippen molar-refractivity contribution in [2.24, 2.45) is 5.92 Å². The number of rotatable bonds is 0. The van der Waals surface area contributed by atoms with Crippen LogP contribution in [0.25, 0.3) is 0 Å². The Labute approximate surface area is 107 Å². The molecule has 0 aromatic carbocycles. The van der Waals surface area contributed by atoms with Crippen LogP contribution in [0.3, 0.4) is 0 Å². The Kier molecular flexibility index (Phi) is 5.34. The second-order valence-electron chi connectivity index (χ2n) is 6.41. The zero-order valence-electron chi connectivity index (χ0n) is 11.4. The average Bonchev–Trinajstić information content (AvgIpc) is 2.67. The zero-order valence-corrected chi connectivity index (χ0v) is 11.4. The molecule has 0 saturated heterocycles. The van der Waals surface area contributed by atoms with Crippen molar-refractivity contribution < 1.29 is 5.11 Å². The molecule has 1 heteroatoms. The van der Waals surface area contributed by atoms with E-state index in [1.54, 1.807) is 0 Å². The van der Waals surface area contributed by atoms with Crippen molar-refractivity contribution in [3.63, 3.8) is 0 Å². The summed E-state index contributed by atoms with van der Waals surface area (Å²) in [6.07, 6.45) is 18.5. The Morgan fingerprint density at radius 1 is 0.588 bits per heavy atom. The van der Waals surface area contributed by atoms with Gasteiger partial charge in [0.2, 0.25) is 0 Å². The van der Waals surface area contributed by atoms with E-state index < -0.39 is 0 Å². The number of hydrogen-bond acceptors (Lipinski definition) is 1. The summed E-state index contributed by atoms with van der Waals surface area (Å²) in [6, 6.07) is 0. The van der Waals surface area contributed by atoms with Crippen molar-refractivity contribution in [1.29, 1.82) is 0 Å². The first-order chi connectivity index (χ1) is 8.31. The van der Waals surface area contributed by atoms with Crippen LogP contribution >= 0.6 is 0 Å². The van der Waals surface area contributed by atoms with Gasteiger partial charge in [-0.25, -0.2) is 0 Å². The standard InChI is InChI=1S/C16H30O/c17-16-13-9-7-5-3-1-2-4-6-8-11-15(16)12-10-14-16/h15,17H,1-14H2/t15-,16-/m0/s1. The monoisotopic (exact) mass is 238 g/mol. The maximum Gasteiger partial charge on any atom is 0.0675 e. The van der Waals surface area contributed by atoms with Gasteiger partial charge in [-0.2, -0.15) is 0 Å². The van der Waals surface area contributed by atoms with Gasteiger partial charge in [-0.15, -0.1) is 0 Å². The van der Waals surface area contributed by atoms with Gasteiger partial charge in [0.15, 0.2) is 0 Å². The van der Waals surface area contributed by atoms with Crippen LogP contribution in [0.2, 0.25) is 0 Å². The van der Waals surface area contributed by atoms with E-state index in [9.17, 15) is 5.11 Å². The third-order valence-electron chi connectivity index (χ3n) is 5.08. The Morgan fingerprint density at radius 3 is 1.76 bits per heavy atom. The van der Waals surface area contributed by atoms with E-state index in [2.05, 4.69) is 0 Å². The molecule has 0 spiro atoms. The van der Waals surface area contributed by atoms with Crippen molar-refractivity contribution in [3.05, 3.63) is 0 Å². The van der Waals surface area contributed by atoms with Crippen LogP contribution in [0.4, 0.5) is 0 Å². The molecular weight excluding hydrogens is 208 g/mol. The van der Waals surface area contributed by atoms with Gasteiger partial charge < -0.3 is 5.11 Å². The largest absolute Gasteiger partial charge is 0.390 e. The lowest BCUT2D eigenvalue weighted by Gasteiger charge is -2.30. The molecule has 0 radical (unpaired) electrons. The van der Waals surface area contributed by atoms with E-state index in [1.165, 1.54) is 77.0 Å². The second kappa shape index (κ2) is 6.78. The fourth-order valence-corrected chi connectivity index (χ4v) is 3.93. The van der Waals surface area contributed by atoms with Gasteiger partial charge in [0.1, 0.15) is 0 Å². The van der Waals surface area contributed by atoms with Crippen molar-refractivity contribution in [1.82, 2.24) is 0 Å². The minimum atomic E-state index is -0.270. The molecule has 0 bridgehead atoms. The molecule has 0 aromatic rings. The molecule has 2 rings (SSSR count). The Hall–Kier alpha value is -0.0400. The molecule has 1 nitrogen and oxygen atoms in total. The van der Waals surface area contributed by atoms with Gasteiger partial charge in [-0.3, -0.25) is 0 Å². The molecule has 2 atom stereocenters. The van der Waals surface area contributed by atoms with Crippen LogP contribution in [-0.4, -0.2) is 10.7 Å². The molecule has 17 heavy (non-hydrogen) atoms. The fraction of sp³-hybridized carbons (Fsp3) is 1.00. The predicted octanol–water partition coefficient (Wildman–Crippen LogP) is 4.82. The summed E-state index contributed by atoms with van der Waals surface area (Å²) in [5.74, 6) is 0.628. The molecule has 1 N–H and O–H groups in total. The van der Waals surface area contributed by atoms with Gasteiger partial charge in [0, 0.05) is 0 Å². The number of aliphatic hydroxyl groups is 1. The first-order valence-corrected chi connectivity index (χ1v) is 8.04. The van der Waals surface area contributed by atoms with E-state index in [1.807, 2.05) is 0 Å². The molecule has 100 valence electrons. The summed E-state index contributed by atoms with van der Waals surface area (Å²) < 4.78 is 0. The zero-order chi connectivity index (χ0) is 12.0. The van der Waals surface area contributed by atoms with Crippen LogP contribution in [0, 0.1) is 5.92 Å². The van der Waals surface area contributed by atoms with Crippen molar-refractivity contribution in [2.75, 3.05) is 0 Å². The normalized spacial score (nSPS) is 37.6. The molecule has 0 amide bonds. The minimum absolute atomic E-state index is 0.270. The first-order valence-electron chi connectivity index (χ1n) is 8.04. The van der Waals surface area contributed by atoms with E-state index in [-0.39, 0.29) is 5.60 Å². The van der Waals surface area contributed by atoms with Crippen molar-refractivity contribution in [3.8, 4) is 0 Å². The highest BCUT2D eigenvalue weighted by molar-refractivity contribution is 4.91. The Balaban J connectivity index is 1.85. The molecule has 2 fully saturated rings. The lowest BCUT2D eigenvalue weighted by Crippen LogP contribution is -2.33. The van der Waals surface area contributed by atoms with Crippen LogP contribution in [-0.2, 0) is 0 Å². The maximum absolute atomic E-state index is 10.8. The highest BCUT2D eigenvalue weighted by atomic mass is 16.3. The quantitative estimate of drug-likeness (QED) is 0.641. The smallest absolute Gasteiger partial charge is 0.0675 e. The highest BCUT2D eigenvalue weighted by Gasteiger charge is 2.39. The van der Waals surface area contributed by atoms with Crippen molar-refractivity contribution >= 4 is 0 Å². The fourth-order valence-electron chi connectivity index (χ4n) is 3.93. The lowest BCUT2D eigenvalue weighted by atomic mass is 9.82. The first kappa shape index (κ1) is 13.4. The van der Waals surface area contributed by atoms with Crippen LogP contribution in [0.5, 0.6) is 0 Å². The van der Waals surface area contributed by atoms with E-state index in [0.717, 1.165) is 12.8 Å². The Bertz CT molecular complexity index is 214. The third-order valence-corrected chi connectivity index (χ3v) is 5.08. The van der Waals surface area contributed by atoms with E-state index >= 15 is 0 Å². The topological polar surface area (TPSA) is 20.2 Å². The number of fused-ring (bicyclic) bond motifs is 1. The van der Waals surface area contributed by atoms with Crippen LogP contribution in [0.1, 0.15) is 89.9 Å². The molecule has 0 heterocycles. The Morgan fingerprint density at radius 2 is 1.06 bits per heavy atom. The molecule has 2 aliphatic rings. The van der Waals surface area contributed by atoms with Crippen molar-refractivity contribution in [2.45, 2.75) is 95.5 Å². The highest BCUT2D eigenvalue weighted by Crippen LogP contribution is 2.42. The van der Waals surface area contributed by atoms with Gasteiger partial charge >= 0.3 is 0 Å². The predicted molar refractivity (Wildman–Crippen MR) is 73.1 cm³/mol. The minimum Gasteiger partial charge on any atom is -0.390 e. The molecule has 2 aliphatic carbocycles. The van der Waals surface area contributed by atoms with Gasteiger partial charge in [0.05, 0.1) is 5.60 Å². The van der Waals surface area contributed by atoms with Crippen LogP contribution in [0.15, 0.2) is 0 Å². The average molecular weight is 238 g/mol. The summed E-state index contributed by atoms with van der Waals surface area (Å²) in [5.41, 5.74) is -0.270. The SMILES string of the molecule is O[C@]12CCCCCCCCCCC[C@H]1CCC2. The summed E-state index contributed by atoms with van der Waals surface area (Å²) in [4.78, 5) is 0. The molecule has 0 aliphatic heterocycles.